The minimum atomic E-state index is 0.0218. The summed E-state index contributed by atoms with van der Waals surface area (Å²) in [7, 11) is 0. The summed E-state index contributed by atoms with van der Waals surface area (Å²) in [6.45, 7) is 7.74. The Bertz CT molecular complexity index is 438. The van der Waals surface area contributed by atoms with Gasteiger partial charge in [-0.2, -0.15) is 5.10 Å². The second-order valence-electron chi connectivity index (χ2n) is 5.88. The second kappa shape index (κ2) is 5.74. The lowest BCUT2D eigenvalue weighted by Crippen LogP contribution is -2.45. The fraction of sp³-hybridized carbons (Fsp3) is 0.714. The van der Waals surface area contributed by atoms with Gasteiger partial charge in [0.1, 0.15) is 5.69 Å². The molecule has 1 amide bonds. The Balaban J connectivity index is 2.06. The topological polar surface area (TPSA) is 75.0 Å². The lowest BCUT2D eigenvalue weighted by Gasteiger charge is -2.34. The molecule has 3 N–H and O–H groups in total. The molecule has 2 heterocycles. The molecule has 106 valence electrons. The Morgan fingerprint density at radius 2 is 2.26 bits per heavy atom. The van der Waals surface area contributed by atoms with E-state index in [1.807, 2.05) is 17.9 Å². The van der Waals surface area contributed by atoms with Gasteiger partial charge < -0.3 is 10.6 Å². The Morgan fingerprint density at radius 1 is 1.53 bits per heavy atom. The number of piperidine rings is 1. The Labute approximate surface area is 114 Å². The number of nitrogens with two attached hydrogens (primary N) is 1. The van der Waals surface area contributed by atoms with E-state index in [4.69, 9.17) is 5.73 Å². The number of likely N-dealkylation sites (tertiary alicyclic amines) is 1. The van der Waals surface area contributed by atoms with Crippen LogP contribution >= 0.6 is 0 Å². The van der Waals surface area contributed by atoms with Crippen molar-refractivity contribution in [2.75, 3.05) is 13.1 Å². The quantitative estimate of drug-likeness (QED) is 0.873. The van der Waals surface area contributed by atoms with Crippen molar-refractivity contribution in [1.82, 2.24) is 15.1 Å². The third kappa shape index (κ3) is 3.15. The number of nitrogens with zero attached hydrogens (tertiary/aromatic N) is 2. The second-order valence-corrected chi connectivity index (χ2v) is 5.88. The minimum Gasteiger partial charge on any atom is -0.337 e. The van der Waals surface area contributed by atoms with Gasteiger partial charge >= 0.3 is 0 Å². The monoisotopic (exact) mass is 264 g/mol. The van der Waals surface area contributed by atoms with Crippen LogP contribution < -0.4 is 5.73 Å². The molecule has 19 heavy (non-hydrogen) atoms. The first kappa shape index (κ1) is 14.1. The molecule has 5 heteroatoms. The number of carbonyl (C=O) groups is 1. The predicted molar refractivity (Wildman–Crippen MR) is 75.0 cm³/mol. The first-order valence-electron chi connectivity index (χ1n) is 7.09. The maximum atomic E-state index is 12.4. The van der Waals surface area contributed by atoms with Crippen LogP contribution in [0.2, 0.25) is 0 Å². The van der Waals surface area contributed by atoms with E-state index in [1.54, 1.807) is 0 Å². The van der Waals surface area contributed by atoms with Crippen LogP contribution in [0.1, 0.15) is 55.7 Å². The zero-order valence-electron chi connectivity index (χ0n) is 12.0. The number of amides is 1. The number of hydrogen-bond acceptors (Lipinski definition) is 3. The van der Waals surface area contributed by atoms with Crippen molar-refractivity contribution in [3.63, 3.8) is 0 Å². The molecule has 0 spiro atoms. The first-order valence-corrected chi connectivity index (χ1v) is 7.09. The van der Waals surface area contributed by atoms with Crippen molar-refractivity contribution in [2.24, 2.45) is 11.7 Å². The number of hydrogen-bond donors (Lipinski definition) is 2. The van der Waals surface area contributed by atoms with Crippen LogP contribution in [0.15, 0.2) is 6.07 Å². The van der Waals surface area contributed by atoms with Crippen molar-refractivity contribution in [1.29, 1.82) is 0 Å². The zero-order valence-corrected chi connectivity index (χ0v) is 12.0. The summed E-state index contributed by atoms with van der Waals surface area (Å²) in [5.74, 6) is 0.780. The molecule has 1 aliphatic rings. The standard InChI is InChI=1S/C14H24N4O/c1-9(2)12-7-13(17-16-12)14(19)18-6-4-5-11(8-18)10(3)15/h7,9-11H,4-6,8,15H2,1-3H3,(H,16,17). The van der Waals surface area contributed by atoms with E-state index in [1.165, 1.54) is 0 Å². The zero-order chi connectivity index (χ0) is 14.0. The van der Waals surface area contributed by atoms with Gasteiger partial charge in [0.05, 0.1) is 0 Å². The van der Waals surface area contributed by atoms with Crippen LogP contribution in [-0.4, -0.2) is 40.1 Å². The lowest BCUT2D eigenvalue weighted by atomic mass is 9.92. The average molecular weight is 264 g/mol. The fourth-order valence-corrected chi connectivity index (χ4v) is 2.53. The van der Waals surface area contributed by atoms with Gasteiger partial charge in [-0.3, -0.25) is 9.89 Å². The summed E-state index contributed by atoms with van der Waals surface area (Å²) in [4.78, 5) is 14.3. The smallest absolute Gasteiger partial charge is 0.274 e. The summed E-state index contributed by atoms with van der Waals surface area (Å²) in [6, 6.07) is 2.00. The number of aromatic amines is 1. The fourth-order valence-electron chi connectivity index (χ4n) is 2.53. The number of H-pyrrole nitrogens is 1. The van der Waals surface area contributed by atoms with Crippen LogP contribution in [0.25, 0.3) is 0 Å². The average Bonchev–Trinajstić information content (AvgIpc) is 2.87. The predicted octanol–water partition coefficient (Wildman–Crippen LogP) is 1.73. The van der Waals surface area contributed by atoms with Gasteiger partial charge in [0.15, 0.2) is 0 Å². The van der Waals surface area contributed by atoms with Crippen molar-refractivity contribution in [2.45, 2.75) is 45.6 Å². The van der Waals surface area contributed by atoms with Crippen LogP contribution in [0.4, 0.5) is 0 Å². The van der Waals surface area contributed by atoms with Gasteiger partial charge in [-0.15, -0.1) is 0 Å². The van der Waals surface area contributed by atoms with Crippen molar-refractivity contribution in [3.8, 4) is 0 Å². The number of nitrogens with one attached hydrogen (secondary N) is 1. The highest BCUT2D eigenvalue weighted by Crippen LogP contribution is 2.21. The van der Waals surface area contributed by atoms with Gasteiger partial charge in [-0.05, 0) is 37.7 Å². The van der Waals surface area contributed by atoms with Gasteiger partial charge in [0, 0.05) is 24.8 Å². The van der Waals surface area contributed by atoms with Crippen LogP contribution in [0.3, 0.4) is 0 Å². The summed E-state index contributed by atoms with van der Waals surface area (Å²) in [6.07, 6.45) is 2.14. The van der Waals surface area contributed by atoms with Crippen LogP contribution in [-0.2, 0) is 0 Å². The summed E-state index contributed by atoms with van der Waals surface area (Å²) in [5.41, 5.74) is 7.48. The van der Waals surface area contributed by atoms with Gasteiger partial charge in [-0.1, -0.05) is 13.8 Å². The van der Waals surface area contributed by atoms with E-state index in [9.17, 15) is 4.79 Å². The van der Waals surface area contributed by atoms with Crippen LogP contribution in [0, 0.1) is 5.92 Å². The molecule has 2 unspecified atom stereocenters. The minimum absolute atomic E-state index is 0.0218. The van der Waals surface area contributed by atoms with E-state index < -0.39 is 0 Å². The SMILES string of the molecule is CC(C)c1cc(C(=O)N2CCCC(C(C)N)C2)n[nH]1. The Hall–Kier alpha value is -1.36. The third-order valence-corrected chi connectivity index (χ3v) is 3.93. The third-order valence-electron chi connectivity index (χ3n) is 3.93. The van der Waals surface area contributed by atoms with E-state index in [2.05, 4.69) is 24.0 Å². The molecule has 1 saturated heterocycles. The molecular formula is C14H24N4O. The number of aromatic nitrogens is 2. The molecule has 0 radical (unpaired) electrons. The summed E-state index contributed by atoms with van der Waals surface area (Å²) in [5, 5.41) is 7.07. The van der Waals surface area contributed by atoms with E-state index >= 15 is 0 Å². The largest absolute Gasteiger partial charge is 0.337 e. The highest BCUT2D eigenvalue weighted by molar-refractivity contribution is 5.92. The summed E-state index contributed by atoms with van der Waals surface area (Å²) < 4.78 is 0. The molecule has 0 aliphatic carbocycles. The van der Waals surface area contributed by atoms with Crippen molar-refractivity contribution < 1.29 is 4.79 Å². The molecule has 2 rings (SSSR count). The summed E-state index contributed by atoms with van der Waals surface area (Å²) >= 11 is 0. The maximum Gasteiger partial charge on any atom is 0.274 e. The molecule has 1 fully saturated rings. The Kier molecular flexibility index (Phi) is 4.24. The van der Waals surface area contributed by atoms with Crippen LogP contribution in [0.5, 0.6) is 0 Å². The van der Waals surface area contributed by atoms with Crippen molar-refractivity contribution in [3.05, 3.63) is 17.5 Å². The molecule has 2 atom stereocenters. The molecule has 0 bridgehead atoms. The molecule has 0 aromatic carbocycles. The molecule has 1 aromatic heterocycles. The Morgan fingerprint density at radius 3 is 2.84 bits per heavy atom. The van der Waals surface area contributed by atoms with E-state index in [0.717, 1.165) is 31.6 Å². The molecule has 1 aliphatic heterocycles. The maximum absolute atomic E-state index is 12.4. The molecular weight excluding hydrogens is 240 g/mol. The van der Waals surface area contributed by atoms with E-state index in [0.29, 0.717) is 17.5 Å². The van der Waals surface area contributed by atoms with Crippen molar-refractivity contribution >= 4 is 5.91 Å². The van der Waals surface area contributed by atoms with E-state index in [-0.39, 0.29) is 11.9 Å². The van der Waals surface area contributed by atoms with Gasteiger partial charge in [-0.25, -0.2) is 0 Å². The number of rotatable bonds is 3. The molecule has 0 saturated carbocycles. The first-order chi connectivity index (χ1) is 8.99. The normalized spacial score (nSPS) is 21.7. The highest BCUT2D eigenvalue weighted by Gasteiger charge is 2.27. The lowest BCUT2D eigenvalue weighted by molar-refractivity contribution is 0.0655. The molecule has 1 aromatic rings. The van der Waals surface area contributed by atoms with Gasteiger partial charge in [0.25, 0.3) is 5.91 Å². The van der Waals surface area contributed by atoms with Gasteiger partial charge in [0.2, 0.25) is 0 Å². The molecule has 5 nitrogen and oxygen atoms in total. The highest BCUT2D eigenvalue weighted by atomic mass is 16.2. The number of carbonyl (C=O) groups excluding carboxylic acids is 1.